The van der Waals surface area contributed by atoms with Gasteiger partial charge in [-0.15, -0.1) is 0 Å². The zero-order valence-electron chi connectivity index (χ0n) is 13.8. The van der Waals surface area contributed by atoms with Gasteiger partial charge >= 0.3 is 0 Å². The fourth-order valence-electron chi connectivity index (χ4n) is 3.09. The van der Waals surface area contributed by atoms with Crippen LogP contribution in [-0.2, 0) is 0 Å². The molecule has 0 aliphatic rings. The number of pyridine rings is 1. The molecule has 0 radical (unpaired) electrons. The Labute approximate surface area is 145 Å². The maximum atomic E-state index is 6.56. The molecule has 1 atom stereocenters. The lowest BCUT2D eigenvalue weighted by atomic mass is 9.97. The van der Waals surface area contributed by atoms with Crippen LogP contribution in [0, 0.1) is 0 Å². The second-order valence-electron chi connectivity index (χ2n) is 5.86. The summed E-state index contributed by atoms with van der Waals surface area (Å²) in [5.74, 6) is 1.47. The number of benzene rings is 2. The third-order valence-corrected chi connectivity index (χ3v) is 4.38. The van der Waals surface area contributed by atoms with Crippen LogP contribution in [0.1, 0.15) is 17.4 Å². The van der Waals surface area contributed by atoms with E-state index in [-0.39, 0.29) is 0 Å². The topological polar surface area (TPSA) is 61.3 Å². The minimum atomic E-state index is -0.425. The molecule has 25 heavy (non-hydrogen) atoms. The van der Waals surface area contributed by atoms with Gasteiger partial charge in [0.2, 0.25) is 0 Å². The predicted octanol–water partition coefficient (Wildman–Crippen LogP) is 4.55. The number of hydrogen-bond acceptors (Lipinski definition) is 4. The van der Waals surface area contributed by atoms with E-state index in [1.807, 2.05) is 60.8 Å². The highest BCUT2D eigenvalue weighted by Gasteiger charge is 2.20. The van der Waals surface area contributed by atoms with Gasteiger partial charge in [-0.1, -0.05) is 36.4 Å². The van der Waals surface area contributed by atoms with Crippen LogP contribution in [0.4, 0.5) is 0 Å². The summed E-state index contributed by atoms with van der Waals surface area (Å²) in [5, 5.41) is 2.05. The molecule has 0 aliphatic carbocycles. The summed E-state index contributed by atoms with van der Waals surface area (Å²) < 4.78 is 11.3. The highest BCUT2D eigenvalue weighted by Crippen LogP contribution is 2.35. The minimum absolute atomic E-state index is 0.425. The van der Waals surface area contributed by atoms with Crippen LogP contribution < -0.4 is 10.5 Å². The summed E-state index contributed by atoms with van der Waals surface area (Å²) in [7, 11) is 1.65. The first-order valence-electron chi connectivity index (χ1n) is 8.08. The number of furan rings is 1. The van der Waals surface area contributed by atoms with Crippen molar-refractivity contribution in [2.45, 2.75) is 6.04 Å². The van der Waals surface area contributed by atoms with Crippen LogP contribution in [-0.4, -0.2) is 12.1 Å². The molecular formula is C21H18N2O2. The molecule has 2 heterocycles. The van der Waals surface area contributed by atoms with E-state index < -0.39 is 6.04 Å². The summed E-state index contributed by atoms with van der Waals surface area (Å²) in [5.41, 5.74) is 9.51. The Hall–Kier alpha value is -3.11. The Morgan fingerprint density at radius 1 is 1.04 bits per heavy atom. The van der Waals surface area contributed by atoms with E-state index in [0.717, 1.165) is 39.0 Å². The van der Waals surface area contributed by atoms with Crippen LogP contribution >= 0.6 is 0 Å². The average Bonchev–Trinajstić information content (AvgIpc) is 3.12. The van der Waals surface area contributed by atoms with Crippen molar-refractivity contribution in [3.8, 4) is 16.9 Å². The summed E-state index contributed by atoms with van der Waals surface area (Å²) >= 11 is 0. The van der Waals surface area contributed by atoms with E-state index in [2.05, 4.69) is 4.98 Å². The van der Waals surface area contributed by atoms with Gasteiger partial charge in [0.1, 0.15) is 11.5 Å². The lowest BCUT2D eigenvalue weighted by molar-refractivity contribution is 0.403. The number of ether oxygens (including phenoxy) is 1. The van der Waals surface area contributed by atoms with Gasteiger partial charge in [0, 0.05) is 34.3 Å². The minimum Gasteiger partial charge on any atom is -0.496 e. The first-order chi connectivity index (χ1) is 12.3. The van der Waals surface area contributed by atoms with Gasteiger partial charge < -0.3 is 14.9 Å². The van der Waals surface area contributed by atoms with Crippen molar-refractivity contribution in [2.75, 3.05) is 7.11 Å². The predicted molar refractivity (Wildman–Crippen MR) is 98.5 cm³/mol. The summed E-state index contributed by atoms with van der Waals surface area (Å²) in [4.78, 5) is 4.19. The summed E-state index contributed by atoms with van der Waals surface area (Å²) in [6.07, 6.45) is 5.33. The number of rotatable bonds is 4. The first kappa shape index (κ1) is 15.4. The lowest BCUT2D eigenvalue weighted by Gasteiger charge is -2.16. The maximum absolute atomic E-state index is 6.56. The lowest BCUT2D eigenvalue weighted by Crippen LogP contribution is -2.12. The van der Waals surface area contributed by atoms with Crippen molar-refractivity contribution >= 4 is 10.8 Å². The first-order valence-corrected chi connectivity index (χ1v) is 8.08. The number of aromatic nitrogens is 1. The molecule has 4 nitrogen and oxygen atoms in total. The number of nitrogens with zero attached hydrogens (tertiary/aromatic N) is 1. The molecule has 0 fully saturated rings. The molecule has 0 spiro atoms. The van der Waals surface area contributed by atoms with Crippen molar-refractivity contribution < 1.29 is 9.15 Å². The number of fused-ring (bicyclic) bond motifs is 1. The Bertz CT molecular complexity index is 1010. The largest absolute Gasteiger partial charge is 0.496 e. The molecular weight excluding hydrogens is 312 g/mol. The second kappa shape index (κ2) is 6.42. The Kier molecular flexibility index (Phi) is 3.96. The van der Waals surface area contributed by atoms with Crippen molar-refractivity contribution in [3.63, 3.8) is 0 Å². The molecule has 2 aromatic carbocycles. The Morgan fingerprint density at radius 3 is 2.72 bits per heavy atom. The monoisotopic (exact) mass is 330 g/mol. The molecule has 0 aliphatic heterocycles. The molecule has 0 amide bonds. The molecule has 0 bridgehead atoms. The number of hydrogen-bond donors (Lipinski definition) is 1. The summed E-state index contributed by atoms with van der Waals surface area (Å²) in [6, 6.07) is 17.5. The van der Waals surface area contributed by atoms with E-state index in [9.17, 15) is 0 Å². The molecule has 0 saturated heterocycles. The number of methoxy groups -OCH3 is 1. The molecule has 124 valence electrons. The molecule has 2 N–H and O–H groups in total. The quantitative estimate of drug-likeness (QED) is 0.596. The molecule has 4 rings (SSSR count). The third kappa shape index (κ3) is 2.77. The van der Waals surface area contributed by atoms with Crippen LogP contribution in [0.15, 0.2) is 77.7 Å². The zero-order valence-corrected chi connectivity index (χ0v) is 13.8. The van der Waals surface area contributed by atoms with Crippen molar-refractivity contribution in [3.05, 3.63) is 84.6 Å². The fraction of sp³-hybridized carbons (Fsp3) is 0.0952. The van der Waals surface area contributed by atoms with Gasteiger partial charge in [-0.25, -0.2) is 0 Å². The highest BCUT2D eigenvalue weighted by molar-refractivity contribution is 5.85. The van der Waals surface area contributed by atoms with Gasteiger partial charge in [0.05, 0.1) is 19.4 Å². The summed E-state index contributed by atoms with van der Waals surface area (Å²) in [6.45, 7) is 0. The van der Waals surface area contributed by atoms with Gasteiger partial charge in [0.25, 0.3) is 0 Å². The molecule has 2 aromatic heterocycles. The molecule has 0 saturated carbocycles. The average molecular weight is 330 g/mol. The van der Waals surface area contributed by atoms with Gasteiger partial charge in [0.15, 0.2) is 0 Å². The highest BCUT2D eigenvalue weighted by atomic mass is 16.5. The van der Waals surface area contributed by atoms with E-state index in [0.29, 0.717) is 0 Å². The SMILES string of the molecule is COc1ccc(-c2cccnc2)cc1C(N)c1occ2ccccc12. The van der Waals surface area contributed by atoms with Crippen molar-refractivity contribution in [2.24, 2.45) is 5.73 Å². The van der Waals surface area contributed by atoms with Crippen LogP contribution in [0.5, 0.6) is 5.75 Å². The molecule has 4 heteroatoms. The maximum Gasteiger partial charge on any atom is 0.132 e. The standard InChI is InChI=1S/C21H18N2O2/c1-24-19-9-8-14(15-6-4-10-23-12-15)11-18(19)20(22)21-17-7-3-2-5-16(17)13-25-21/h2-13,20H,22H2,1H3. The smallest absolute Gasteiger partial charge is 0.132 e. The molecule has 4 aromatic rings. The Morgan fingerprint density at radius 2 is 1.92 bits per heavy atom. The molecule has 1 unspecified atom stereocenters. The fourth-order valence-corrected chi connectivity index (χ4v) is 3.09. The Balaban J connectivity index is 1.83. The van der Waals surface area contributed by atoms with E-state index in [1.54, 1.807) is 19.6 Å². The van der Waals surface area contributed by atoms with Crippen molar-refractivity contribution in [1.29, 1.82) is 0 Å². The van der Waals surface area contributed by atoms with E-state index in [1.165, 1.54) is 0 Å². The normalized spacial score (nSPS) is 12.2. The van der Waals surface area contributed by atoms with E-state index >= 15 is 0 Å². The second-order valence-corrected chi connectivity index (χ2v) is 5.86. The number of nitrogens with two attached hydrogens (primary N) is 1. The van der Waals surface area contributed by atoms with Crippen LogP contribution in [0.3, 0.4) is 0 Å². The van der Waals surface area contributed by atoms with Gasteiger partial charge in [-0.05, 0) is 23.8 Å². The van der Waals surface area contributed by atoms with Crippen LogP contribution in [0.25, 0.3) is 21.9 Å². The van der Waals surface area contributed by atoms with Gasteiger partial charge in [-0.2, -0.15) is 0 Å². The van der Waals surface area contributed by atoms with Crippen LogP contribution in [0.2, 0.25) is 0 Å². The van der Waals surface area contributed by atoms with Crippen molar-refractivity contribution in [1.82, 2.24) is 4.98 Å². The van der Waals surface area contributed by atoms with Gasteiger partial charge in [-0.3, -0.25) is 4.98 Å². The van der Waals surface area contributed by atoms with E-state index in [4.69, 9.17) is 14.9 Å². The third-order valence-electron chi connectivity index (χ3n) is 4.38. The zero-order chi connectivity index (χ0) is 17.2.